The van der Waals surface area contributed by atoms with Crippen molar-refractivity contribution in [3.8, 4) is 0 Å². The maximum atomic E-state index is 12.5. The lowest BCUT2D eigenvalue weighted by molar-refractivity contribution is -0.213. The first-order valence-electron chi connectivity index (χ1n) is 9.50. The highest BCUT2D eigenvalue weighted by molar-refractivity contribution is 5.87. The predicted octanol–water partition coefficient (Wildman–Crippen LogP) is 0.305. The molecule has 0 aromatic heterocycles. The van der Waals surface area contributed by atoms with Crippen LogP contribution in [0.4, 0.5) is 0 Å². The van der Waals surface area contributed by atoms with Gasteiger partial charge in [0.25, 0.3) is 0 Å². The topological polar surface area (TPSA) is 117 Å². The molecule has 0 radical (unpaired) electrons. The van der Waals surface area contributed by atoms with Crippen molar-refractivity contribution < 1.29 is 34.4 Å². The number of rotatable bonds is 7. The smallest absolute Gasteiger partial charge is 0.344 e. The number of esters is 2. The summed E-state index contributed by atoms with van der Waals surface area (Å²) >= 11 is 0. The van der Waals surface area contributed by atoms with Crippen LogP contribution in [0, 0.1) is 0 Å². The molecule has 1 unspecified atom stereocenters. The second kappa shape index (κ2) is 8.32. The fraction of sp³-hybridized carbons (Fsp3) is 0.700. The van der Waals surface area contributed by atoms with Crippen LogP contribution in [0.15, 0.2) is 23.3 Å². The molecule has 0 amide bonds. The highest BCUT2D eigenvalue weighted by Crippen LogP contribution is 2.33. The Labute approximate surface area is 165 Å². The number of nitrogens with zero attached hydrogens (tertiary/aromatic N) is 1. The van der Waals surface area contributed by atoms with Gasteiger partial charge in [-0.15, -0.1) is 0 Å². The second-order valence-corrected chi connectivity index (χ2v) is 8.00. The summed E-state index contributed by atoms with van der Waals surface area (Å²) in [5.41, 5.74) is -3.06. The predicted molar refractivity (Wildman–Crippen MR) is 101 cm³/mol. The van der Waals surface area contributed by atoms with Gasteiger partial charge in [0.2, 0.25) is 5.60 Å². The van der Waals surface area contributed by atoms with Gasteiger partial charge in [-0.2, -0.15) is 0 Å². The molecule has 1 fully saturated rings. The minimum atomic E-state index is -2.46. The molecule has 8 heteroatoms. The van der Waals surface area contributed by atoms with Crippen molar-refractivity contribution in [1.82, 2.24) is 4.90 Å². The molecule has 8 nitrogen and oxygen atoms in total. The molecule has 0 saturated carbocycles. The van der Waals surface area contributed by atoms with Crippen LogP contribution in [0.2, 0.25) is 0 Å². The van der Waals surface area contributed by atoms with Gasteiger partial charge in [-0.25, -0.2) is 9.59 Å². The van der Waals surface area contributed by atoms with Gasteiger partial charge < -0.3 is 24.8 Å². The molecule has 3 N–H and O–H groups in total. The van der Waals surface area contributed by atoms with E-state index >= 15 is 0 Å². The van der Waals surface area contributed by atoms with Gasteiger partial charge >= 0.3 is 11.9 Å². The van der Waals surface area contributed by atoms with Crippen molar-refractivity contribution in [1.29, 1.82) is 0 Å². The zero-order valence-electron chi connectivity index (χ0n) is 17.1. The van der Waals surface area contributed by atoms with E-state index in [1.54, 1.807) is 19.9 Å². The molecule has 0 bridgehead atoms. The average Bonchev–Trinajstić information content (AvgIpc) is 3.20. The number of fused-ring (bicyclic) bond motifs is 1. The first-order chi connectivity index (χ1) is 12.9. The maximum Gasteiger partial charge on any atom is 0.344 e. The van der Waals surface area contributed by atoms with Gasteiger partial charge in [-0.3, -0.25) is 4.90 Å². The minimum Gasteiger partial charge on any atom is -0.459 e. The highest BCUT2D eigenvalue weighted by atomic mass is 16.6. The number of carbonyl (C=O) groups is 2. The Hall–Kier alpha value is -1.74. The summed E-state index contributed by atoms with van der Waals surface area (Å²) in [4.78, 5) is 26.7. The molecule has 158 valence electrons. The molecule has 2 aliphatic rings. The number of aliphatic hydroxyl groups excluding tert-OH is 1. The van der Waals surface area contributed by atoms with Crippen molar-refractivity contribution in [3.05, 3.63) is 23.3 Å². The molecule has 0 aromatic carbocycles. The SMILES string of the molecule is C/C=C(/C)C(=O)O[C@@H]1CCN2CC=C(COC(=O)[C@@](O)([C@H](C)O)C(C)(C)O)C12. The molecule has 1 saturated heterocycles. The van der Waals surface area contributed by atoms with Crippen molar-refractivity contribution in [3.63, 3.8) is 0 Å². The maximum absolute atomic E-state index is 12.5. The van der Waals surface area contributed by atoms with Crippen LogP contribution in [0.3, 0.4) is 0 Å². The molecule has 4 atom stereocenters. The number of aliphatic hydroxyl groups is 3. The van der Waals surface area contributed by atoms with E-state index in [0.29, 0.717) is 18.5 Å². The zero-order valence-corrected chi connectivity index (χ0v) is 17.1. The minimum absolute atomic E-state index is 0.123. The summed E-state index contributed by atoms with van der Waals surface area (Å²) in [6.45, 7) is 8.42. The first kappa shape index (κ1) is 22.5. The summed E-state index contributed by atoms with van der Waals surface area (Å²) in [6.07, 6.45) is 2.40. The van der Waals surface area contributed by atoms with Crippen molar-refractivity contribution in [2.45, 2.75) is 70.5 Å². The highest BCUT2D eigenvalue weighted by Gasteiger charge is 2.54. The molecule has 28 heavy (non-hydrogen) atoms. The average molecular weight is 397 g/mol. The van der Waals surface area contributed by atoms with Gasteiger partial charge in [-0.05, 0) is 46.6 Å². The van der Waals surface area contributed by atoms with Crippen LogP contribution < -0.4 is 0 Å². The third-order valence-corrected chi connectivity index (χ3v) is 5.65. The van der Waals surface area contributed by atoms with Crippen LogP contribution in [-0.2, 0) is 19.1 Å². The molecular formula is C20H31NO7. The molecular weight excluding hydrogens is 366 g/mol. The van der Waals surface area contributed by atoms with E-state index in [9.17, 15) is 24.9 Å². The lowest BCUT2D eigenvalue weighted by Crippen LogP contribution is -2.63. The Morgan fingerprint density at radius 1 is 1.39 bits per heavy atom. The fourth-order valence-corrected chi connectivity index (χ4v) is 3.66. The zero-order chi connectivity index (χ0) is 21.3. The van der Waals surface area contributed by atoms with Crippen LogP contribution >= 0.6 is 0 Å². The summed E-state index contributed by atoms with van der Waals surface area (Å²) in [5.74, 6) is -1.48. The number of allylic oxidation sites excluding steroid dienone is 1. The standard InChI is InChI=1S/C20H31NO7/c1-6-12(2)17(23)28-15-8-10-21-9-7-14(16(15)21)11-27-18(24)20(26,13(3)22)19(4,5)25/h6-7,13,15-16,22,25-26H,8-11H2,1-5H3/b12-6-/t13-,15+,16?,20-/m0/s1. The van der Waals surface area contributed by atoms with Crippen LogP contribution in [0.1, 0.15) is 41.0 Å². The summed E-state index contributed by atoms with van der Waals surface area (Å²) < 4.78 is 10.9. The number of hydrogen-bond donors (Lipinski definition) is 3. The molecule has 0 spiro atoms. The van der Waals surface area contributed by atoms with E-state index in [0.717, 1.165) is 12.1 Å². The molecule has 0 aromatic rings. The molecule has 0 aliphatic carbocycles. The van der Waals surface area contributed by atoms with Crippen LogP contribution in [0.25, 0.3) is 0 Å². The van der Waals surface area contributed by atoms with Gasteiger partial charge in [0.05, 0.1) is 12.1 Å². The normalized spacial score (nSPS) is 26.3. The Morgan fingerprint density at radius 3 is 2.57 bits per heavy atom. The number of hydrogen-bond acceptors (Lipinski definition) is 8. The molecule has 2 heterocycles. The third kappa shape index (κ3) is 4.15. The van der Waals surface area contributed by atoms with Gasteiger partial charge in [0, 0.05) is 18.7 Å². The Morgan fingerprint density at radius 2 is 2.04 bits per heavy atom. The van der Waals surface area contributed by atoms with E-state index in [4.69, 9.17) is 9.47 Å². The summed E-state index contributed by atoms with van der Waals surface area (Å²) in [5, 5.41) is 30.5. The first-order valence-corrected chi connectivity index (χ1v) is 9.50. The fourth-order valence-electron chi connectivity index (χ4n) is 3.66. The Bertz CT molecular complexity index is 677. The lowest BCUT2D eigenvalue weighted by atomic mass is 9.81. The second-order valence-electron chi connectivity index (χ2n) is 8.00. The Kier molecular flexibility index (Phi) is 6.70. The summed E-state index contributed by atoms with van der Waals surface area (Å²) in [7, 11) is 0. The van der Waals surface area contributed by atoms with E-state index in [2.05, 4.69) is 4.90 Å². The van der Waals surface area contributed by atoms with Crippen molar-refractivity contribution in [2.75, 3.05) is 19.7 Å². The van der Waals surface area contributed by atoms with E-state index in [1.165, 1.54) is 20.8 Å². The number of carbonyl (C=O) groups excluding carboxylic acids is 2. The van der Waals surface area contributed by atoms with Crippen LogP contribution in [-0.4, -0.2) is 81.3 Å². The van der Waals surface area contributed by atoms with Gasteiger partial charge in [-0.1, -0.05) is 12.2 Å². The van der Waals surface area contributed by atoms with Gasteiger partial charge in [0.15, 0.2) is 0 Å². The van der Waals surface area contributed by atoms with Crippen molar-refractivity contribution in [2.24, 2.45) is 0 Å². The monoisotopic (exact) mass is 397 g/mol. The quantitative estimate of drug-likeness (QED) is 0.319. The lowest BCUT2D eigenvalue weighted by Gasteiger charge is -2.38. The summed E-state index contributed by atoms with van der Waals surface area (Å²) in [6, 6.07) is -0.191. The van der Waals surface area contributed by atoms with E-state index < -0.39 is 23.3 Å². The van der Waals surface area contributed by atoms with E-state index in [1.807, 2.05) is 6.08 Å². The van der Waals surface area contributed by atoms with Crippen molar-refractivity contribution >= 4 is 11.9 Å². The largest absolute Gasteiger partial charge is 0.459 e. The van der Waals surface area contributed by atoms with Gasteiger partial charge in [0.1, 0.15) is 18.3 Å². The Balaban J connectivity index is 2.06. The molecule has 2 rings (SSSR count). The van der Waals surface area contributed by atoms with E-state index in [-0.39, 0.29) is 24.7 Å². The third-order valence-electron chi connectivity index (χ3n) is 5.65. The number of ether oxygens (including phenoxy) is 2. The molecule has 2 aliphatic heterocycles. The van der Waals surface area contributed by atoms with Crippen LogP contribution in [0.5, 0.6) is 0 Å².